The SMILES string of the molecule is O=S(=O)(C[C@H]1CCOC1)N1CCC([C@@H](O)C(F)(F)F)CC1. The molecule has 1 N–H and O–H groups in total. The van der Waals surface area contributed by atoms with Crippen molar-refractivity contribution in [3.8, 4) is 0 Å². The Bertz CT molecular complexity index is 440. The predicted octanol–water partition coefficient (Wildman–Crippen LogP) is 0.988. The van der Waals surface area contributed by atoms with Crippen LogP contribution in [-0.4, -0.2) is 62.2 Å². The van der Waals surface area contributed by atoms with Gasteiger partial charge in [0.25, 0.3) is 0 Å². The second kappa shape index (κ2) is 6.39. The number of sulfonamides is 1. The highest BCUT2D eigenvalue weighted by molar-refractivity contribution is 7.89. The lowest BCUT2D eigenvalue weighted by atomic mass is 9.92. The number of hydrogen-bond acceptors (Lipinski definition) is 4. The molecule has 0 aliphatic carbocycles. The van der Waals surface area contributed by atoms with Gasteiger partial charge in [-0.3, -0.25) is 0 Å². The van der Waals surface area contributed by atoms with Crippen molar-refractivity contribution in [1.82, 2.24) is 4.31 Å². The van der Waals surface area contributed by atoms with Gasteiger partial charge >= 0.3 is 6.18 Å². The zero-order chi connectivity index (χ0) is 15.7. The number of piperidine rings is 1. The molecule has 2 heterocycles. The van der Waals surface area contributed by atoms with Gasteiger partial charge in [-0.25, -0.2) is 12.7 Å². The second-order valence-electron chi connectivity index (χ2n) is 5.73. The molecular weight excluding hydrogens is 311 g/mol. The van der Waals surface area contributed by atoms with Gasteiger partial charge in [-0.05, 0) is 31.1 Å². The summed E-state index contributed by atoms with van der Waals surface area (Å²) < 4.78 is 68.1. The van der Waals surface area contributed by atoms with Gasteiger partial charge in [0.2, 0.25) is 10.0 Å². The van der Waals surface area contributed by atoms with Crippen molar-refractivity contribution in [1.29, 1.82) is 0 Å². The smallest absolute Gasteiger partial charge is 0.383 e. The topological polar surface area (TPSA) is 66.8 Å². The van der Waals surface area contributed by atoms with E-state index in [0.29, 0.717) is 19.6 Å². The first-order chi connectivity index (χ1) is 9.70. The van der Waals surface area contributed by atoms with Crippen LogP contribution in [0.2, 0.25) is 0 Å². The number of aliphatic hydroxyl groups is 1. The monoisotopic (exact) mass is 331 g/mol. The van der Waals surface area contributed by atoms with Crippen molar-refractivity contribution in [3.05, 3.63) is 0 Å². The zero-order valence-corrected chi connectivity index (χ0v) is 12.4. The quantitative estimate of drug-likeness (QED) is 0.834. The highest BCUT2D eigenvalue weighted by atomic mass is 32.2. The van der Waals surface area contributed by atoms with E-state index in [1.807, 2.05) is 0 Å². The number of hydrogen-bond donors (Lipinski definition) is 1. The molecule has 0 amide bonds. The van der Waals surface area contributed by atoms with E-state index in [-0.39, 0.29) is 37.6 Å². The zero-order valence-electron chi connectivity index (χ0n) is 11.6. The average molecular weight is 331 g/mol. The first-order valence-electron chi connectivity index (χ1n) is 7.00. The molecule has 2 atom stereocenters. The van der Waals surface area contributed by atoms with Gasteiger partial charge in [0, 0.05) is 19.7 Å². The molecule has 0 saturated carbocycles. The standard InChI is InChI=1S/C12H20F3NO4S/c13-12(14,15)11(17)10-1-4-16(5-2-10)21(18,19)8-9-3-6-20-7-9/h9-11,17H,1-8H2/t9-,11+/m0/s1. The molecule has 0 spiro atoms. The first kappa shape index (κ1) is 17.0. The summed E-state index contributed by atoms with van der Waals surface area (Å²) >= 11 is 0. The van der Waals surface area contributed by atoms with E-state index < -0.39 is 28.2 Å². The summed E-state index contributed by atoms with van der Waals surface area (Å²) in [7, 11) is -3.46. The Morgan fingerprint density at radius 2 is 1.86 bits per heavy atom. The molecule has 5 nitrogen and oxygen atoms in total. The number of rotatable bonds is 4. The molecule has 21 heavy (non-hydrogen) atoms. The fourth-order valence-electron chi connectivity index (χ4n) is 2.85. The van der Waals surface area contributed by atoms with Gasteiger partial charge < -0.3 is 9.84 Å². The lowest BCUT2D eigenvalue weighted by molar-refractivity contribution is -0.222. The predicted molar refractivity (Wildman–Crippen MR) is 69.1 cm³/mol. The normalized spacial score (nSPS) is 27.9. The van der Waals surface area contributed by atoms with Crippen LogP contribution in [0.25, 0.3) is 0 Å². The third-order valence-electron chi connectivity index (χ3n) is 4.14. The Kier molecular flexibility index (Phi) is 5.17. The van der Waals surface area contributed by atoms with Crippen LogP contribution in [0.15, 0.2) is 0 Å². The van der Waals surface area contributed by atoms with E-state index in [1.165, 1.54) is 4.31 Å². The van der Waals surface area contributed by atoms with Crippen molar-refractivity contribution in [3.63, 3.8) is 0 Å². The van der Waals surface area contributed by atoms with E-state index in [1.54, 1.807) is 0 Å². The molecule has 0 bridgehead atoms. The van der Waals surface area contributed by atoms with E-state index >= 15 is 0 Å². The third-order valence-corrected chi connectivity index (χ3v) is 6.19. The van der Waals surface area contributed by atoms with Crippen LogP contribution < -0.4 is 0 Å². The maximum Gasteiger partial charge on any atom is 0.414 e. The summed E-state index contributed by atoms with van der Waals surface area (Å²) in [6, 6.07) is 0. The third kappa shape index (κ3) is 4.30. The molecule has 0 aromatic rings. The van der Waals surface area contributed by atoms with Crippen molar-refractivity contribution in [2.24, 2.45) is 11.8 Å². The Morgan fingerprint density at radius 3 is 2.33 bits per heavy atom. The highest BCUT2D eigenvalue weighted by Gasteiger charge is 2.45. The highest BCUT2D eigenvalue weighted by Crippen LogP contribution is 2.32. The molecule has 2 fully saturated rings. The van der Waals surface area contributed by atoms with Crippen molar-refractivity contribution in [2.75, 3.05) is 32.1 Å². The van der Waals surface area contributed by atoms with Crippen molar-refractivity contribution < 1.29 is 31.4 Å². The maximum atomic E-state index is 12.4. The Balaban J connectivity index is 1.88. The van der Waals surface area contributed by atoms with Crippen molar-refractivity contribution in [2.45, 2.75) is 31.5 Å². The number of alkyl halides is 3. The molecule has 124 valence electrons. The summed E-state index contributed by atoms with van der Waals surface area (Å²) in [6.45, 7) is 1.05. The van der Waals surface area contributed by atoms with E-state index in [2.05, 4.69) is 0 Å². The molecule has 0 unspecified atom stereocenters. The van der Waals surface area contributed by atoms with Crippen LogP contribution in [0.4, 0.5) is 13.2 Å². The fraction of sp³-hybridized carbons (Fsp3) is 1.00. The summed E-state index contributed by atoms with van der Waals surface area (Å²) in [5, 5.41) is 9.22. The summed E-state index contributed by atoms with van der Waals surface area (Å²) in [4.78, 5) is 0. The largest absolute Gasteiger partial charge is 0.414 e. The average Bonchev–Trinajstić information content (AvgIpc) is 2.89. The van der Waals surface area contributed by atoms with Crippen molar-refractivity contribution >= 4 is 10.0 Å². The van der Waals surface area contributed by atoms with Crippen LogP contribution in [0.3, 0.4) is 0 Å². The van der Waals surface area contributed by atoms with Gasteiger partial charge in [0.05, 0.1) is 12.4 Å². The van der Waals surface area contributed by atoms with Crippen LogP contribution in [0.5, 0.6) is 0 Å². The first-order valence-corrected chi connectivity index (χ1v) is 8.61. The molecule has 2 rings (SSSR count). The Hall–Kier alpha value is -0.380. The minimum absolute atomic E-state index is 0.0144. The van der Waals surface area contributed by atoms with Gasteiger partial charge in [0.1, 0.15) is 0 Å². The molecule has 0 radical (unpaired) electrons. The number of ether oxygens (including phenoxy) is 1. The molecule has 2 saturated heterocycles. The fourth-order valence-corrected chi connectivity index (χ4v) is 4.69. The van der Waals surface area contributed by atoms with Gasteiger partial charge in [-0.15, -0.1) is 0 Å². The number of aliphatic hydroxyl groups excluding tert-OH is 1. The van der Waals surface area contributed by atoms with Gasteiger partial charge in [-0.2, -0.15) is 13.2 Å². The van der Waals surface area contributed by atoms with Crippen LogP contribution in [0.1, 0.15) is 19.3 Å². The molecule has 0 aromatic carbocycles. The van der Waals surface area contributed by atoms with Gasteiger partial charge in [-0.1, -0.05) is 0 Å². The summed E-state index contributed by atoms with van der Waals surface area (Å²) in [5.74, 6) is -0.973. The Labute approximate surface area is 122 Å². The van der Waals surface area contributed by atoms with Crippen LogP contribution >= 0.6 is 0 Å². The Morgan fingerprint density at radius 1 is 1.24 bits per heavy atom. The lowest BCUT2D eigenvalue weighted by Gasteiger charge is -2.34. The maximum absolute atomic E-state index is 12.4. The molecule has 2 aliphatic rings. The van der Waals surface area contributed by atoms with E-state index in [9.17, 15) is 26.7 Å². The molecule has 9 heteroatoms. The summed E-state index contributed by atoms with van der Waals surface area (Å²) in [6.07, 6.45) is -6.26. The molecule has 0 aromatic heterocycles. The van der Waals surface area contributed by atoms with E-state index in [4.69, 9.17) is 4.74 Å². The number of nitrogens with zero attached hydrogens (tertiary/aromatic N) is 1. The summed E-state index contributed by atoms with van der Waals surface area (Å²) in [5.41, 5.74) is 0. The molecular formula is C12H20F3NO4S. The molecule has 2 aliphatic heterocycles. The minimum Gasteiger partial charge on any atom is -0.383 e. The minimum atomic E-state index is -4.65. The number of halogens is 3. The van der Waals surface area contributed by atoms with Crippen LogP contribution in [-0.2, 0) is 14.8 Å². The van der Waals surface area contributed by atoms with Gasteiger partial charge in [0.15, 0.2) is 6.10 Å². The van der Waals surface area contributed by atoms with E-state index in [0.717, 1.165) is 0 Å². The van der Waals surface area contributed by atoms with Crippen LogP contribution in [0, 0.1) is 11.8 Å². The second-order valence-corrected chi connectivity index (χ2v) is 7.74. The lowest BCUT2D eigenvalue weighted by Crippen LogP contribution is -2.46.